The van der Waals surface area contributed by atoms with E-state index in [0.717, 1.165) is 6.42 Å². The fourth-order valence-corrected chi connectivity index (χ4v) is 2.27. The second-order valence-electron chi connectivity index (χ2n) is 4.84. The van der Waals surface area contributed by atoms with Crippen molar-refractivity contribution >= 4 is 11.5 Å². The topological polar surface area (TPSA) is 29.1 Å². The van der Waals surface area contributed by atoms with Gasteiger partial charge < -0.3 is 5.32 Å². The summed E-state index contributed by atoms with van der Waals surface area (Å²) in [6, 6.07) is 20.6. The van der Waals surface area contributed by atoms with E-state index in [-0.39, 0.29) is 5.91 Å². The molecule has 0 radical (unpaired) electrons. The van der Waals surface area contributed by atoms with Crippen molar-refractivity contribution in [2.75, 3.05) is 6.54 Å². The summed E-state index contributed by atoms with van der Waals surface area (Å²) in [7, 11) is 0. The molecule has 2 aromatic carbocycles. The van der Waals surface area contributed by atoms with Crippen molar-refractivity contribution in [3.05, 3.63) is 77.9 Å². The summed E-state index contributed by atoms with van der Waals surface area (Å²) in [4.78, 5) is 11.6. The fraction of sp³-hybridized carbons (Fsp3) is 0.211. The molecule has 0 aliphatic heterocycles. The standard InChI is InChI=1S/C19H21NO/c1-2-20-19(21)15-9-14-18(16-10-5-3-6-11-16)17-12-7-4-8-13-17/h3-8,10-14H,2,9,15H2,1H3,(H,20,21). The van der Waals surface area contributed by atoms with E-state index in [1.807, 2.05) is 43.3 Å². The molecule has 0 aliphatic carbocycles. The van der Waals surface area contributed by atoms with Crippen LogP contribution in [0.25, 0.3) is 5.57 Å². The molecule has 21 heavy (non-hydrogen) atoms. The van der Waals surface area contributed by atoms with Gasteiger partial charge in [-0.2, -0.15) is 0 Å². The number of allylic oxidation sites excluding steroid dienone is 1. The molecule has 1 amide bonds. The molecule has 0 bridgehead atoms. The second-order valence-corrected chi connectivity index (χ2v) is 4.84. The summed E-state index contributed by atoms with van der Waals surface area (Å²) in [5, 5.41) is 2.83. The maximum atomic E-state index is 11.6. The van der Waals surface area contributed by atoms with Gasteiger partial charge in [-0.1, -0.05) is 66.7 Å². The zero-order valence-electron chi connectivity index (χ0n) is 12.4. The molecular weight excluding hydrogens is 258 g/mol. The van der Waals surface area contributed by atoms with E-state index in [0.29, 0.717) is 13.0 Å². The van der Waals surface area contributed by atoms with Crippen LogP contribution in [0.5, 0.6) is 0 Å². The minimum Gasteiger partial charge on any atom is -0.356 e. The molecule has 1 N–H and O–H groups in total. The maximum Gasteiger partial charge on any atom is 0.220 e. The number of carbonyl (C=O) groups is 1. The van der Waals surface area contributed by atoms with Gasteiger partial charge in [0.2, 0.25) is 5.91 Å². The highest BCUT2D eigenvalue weighted by atomic mass is 16.1. The Balaban J connectivity index is 2.19. The number of amides is 1. The molecule has 2 nitrogen and oxygen atoms in total. The Morgan fingerprint density at radius 3 is 1.95 bits per heavy atom. The van der Waals surface area contributed by atoms with E-state index < -0.39 is 0 Å². The molecule has 0 fully saturated rings. The van der Waals surface area contributed by atoms with Crippen LogP contribution in [0.4, 0.5) is 0 Å². The van der Waals surface area contributed by atoms with Gasteiger partial charge in [0.15, 0.2) is 0 Å². The van der Waals surface area contributed by atoms with Crippen molar-refractivity contribution in [3.63, 3.8) is 0 Å². The third-order valence-electron chi connectivity index (χ3n) is 3.26. The van der Waals surface area contributed by atoms with Crippen molar-refractivity contribution < 1.29 is 4.79 Å². The number of nitrogens with one attached hydrogen (secondary N) is 1. The van der Waals surface area contributed by atoms with Gasteiger partial charge in [-0.3, -0.25) is 4.79 Å². The lowest BCUT2D eigenvalue weighted by atomic mass is 9.96. The SMILES string of the molecule is CCNC(=O)CCC=C(c1ccccc1)c1ccccc1. The van der Waals surface area contributed by atoms with Gasteiger partial charge in [0.05, 0.1) is 0 Å². The van der Waals surface area contributed by atoms with Gasteiger partial charge in [0.25, 0.3) is 0 Å². The molecule has 0 unspecified atom stereocenters. The van der Waals surface area contributed by atoms with Gasteiger partial charge in [-0.05, 0) is 30.0 Å². The van der Waals surface area contributed by atoms with Crippen LogP contribution < -0.4 is 5.32 Å². The highest BCUT2D eigenvalue weighted by Gasteiger charge is 2.04. The summed E-state index contributed by atoms with van der Waals surface area (Å²) < 4.78 is 0. The maximum absolute atomic E-state index is 11.6. The average Bonchev–Trinajstić information content (AvgIpc) is 2.53. The van der Waals surface area contributed by atoms with Gasteiger partial charge in [0.1, 0.15) is 0 Å². The lowest BCUT2D eigenvalue weighted by molar-refractivity contribution is -0.120. The van der Waals surface area contributed by atoms with Crippen molar-refractivity contribution in [1.82, 2.24) is 5.32 Å². The first kappa shape index (κ1) is 15.0. The quantitative estimate of drug-likeness (QED) is 0.849. The molecule has 0 aliphatic rings. The first-order valence-electron chi connectivity index (χ1n) is 7.39. The number of carbonyl (C=O) groups excluding carboxylic acids is 1. The van der Waals surface area contributed by atoms with Crippen LogP contribution in [-0.2, 0) is 4.79 Å². The van der Waals surface area contributed by atoms with Crippen molar-refractivity contribution in [2.45, 2.75) is 19.8 Å². The van der Waals surface area contributed by atoms with Crippen molar-refractivity contribution in [2.24, 2.45) is 0 Å². The first-order valence-corrected chi connectivity index (χ1v) is 7.39. The highest BCUT2D eigenvalue weighted by Crippen LogP contribution is 2.23. The number of benzene rings is 2. The smallest absolute Gasteiger partial charge is 0.220 e. The first-order chi connectivity index (χ1) is 10.3. The molecule has 0 heterocycles. The largest absolute Gasteiger partial charge is 0.356 e. The van der Waals surface area contributed by atoms with Crippen LogP contribution in [0, 0.1) is 0 Å². The van der Waals surface area contributed by atoms with Crippen LogP contribution >= 0.6 is 0 Å². The van der Waals surface area contributed by atoms with Crippen LogP contribution in [-0.4, -0.2) is 12.5 Å². The summed E-state index contributed by atoms with van der Waals surface area (Å²) in [5.74, 6) is 0.106. The molecule has 0 spiro atoms. The Labute approximate surface area is 126 Å². The molecule has 0 aromatic heterocycles. The molecule has 108 valence electrons. The normalized spacial score (nSPS) is 9.95. The molecular formula is C19H21NO. The Morgan fingerprint density at radius 1 is 0.952 bits per heavy atom. The summed E-state index contributed by atoms with van der Waals surface area (Å²) in [6.45, 7) is 2.62. The Bertz CT molecular complexity index is 546. The summed E-state index contributed by atoms with van der Waals surface area (Å²) >= 11 is 0. The predicted octanol–water partition coefficient (Wildman–Crippen LogP) is 4.03. The molecule has 2 heteroatoms. The summed E-state index contributed by atoms with van der Waals surface area (Å²) in [6.07, 6.45) is 3.42. The monoisotopic (exact) mass is 279 g/mol. The van der Waals surface area contributed by atoms with Gasteiger partial charge >= 0.3 is 0 Å². The lowest BCUT2D eigenvalue weighted by Crippen LogP contribution is -2.21. The van der Waals surface area contributed by atoms with E-state index in [9.17, 15) is 4.79 Å². The van der Waals surface area contributed by atoms with Crippen LogP contribution in [0.1, 0.15) is 30.9 Å². The predicted molar refractivity (Wildman–Crippen MR) is 87.9 cm³/mol. The van der Waals surface area contributed by atoms with Crippen LogP contribution in [0.15, 0.2) is 66.7 Å². The number of rotatable bonds is 6. The van der Waals surface area contributed by atoms with Crippen molar-refractivity contribution in [3.8, 4) is 0 Å². The number of hydrogen-bond acceptors (Lipinski definition) is 1. The summed E-state index contributed by atoms with van der Waals surface area (Å²) in [5.41, 5.74) is 3.54. The van der Waals surface area contributed by atoms with E-state index >= 15 is 0 Å². The van der Waals surface area contributed by atoms with E-state index in [1.165, 1.54) is 16.7 Å². The minimum absolute atomic E-state index is 0.106. The third-order valence-corrected chi connectivity index (χ3v) is 3.26. The lowest BCUT2D eigenvalue weighted by Gasteiger charge is -2.09. The highest BCUT2D eigenvalue weighted by molar-refractivity contribution is 5.80. The molecule has 2 rings (SSSR count). The van der Waals surface area contributed by atoms with Crippen LogP contribution in [0.2, 0.25) is 0 Å². The van der Waals surface area contributed by atoms with Gasteiger partial charge in [-0.15, -0.1) is 0 Å². The van der Waals surface area contributed by atoms with Gasteiger partial charge in [0, 0.05) is 13.0 Å². The van der Waals surface area contributed by atoms with E-state index in [2.05, 4.69) is 35.7 Å². The van der Waals surface area contributed by atoms with Gasteiger partial charge in [-0.25, -0.2) is 0 Å². The zero-order valence-corrected chi connectivity index (χ0v) is 12.4. The Kier molecular flexibility index (Phi) is 5.77. The fourth-order valence-electron chi connectivity index (χ4n) is 2.27. The number of hydrogen-bond donors (Lipinski definition) is 1. The van der Waals surface area contributed by atoms with Crippen molar-refractivity contribution in [1.29, 1.82) is 0 Å². The second kappa shape index (κ2) is 8.05. The average molecular weight is 279 g/mol. The Hall–Kier alpha value is -2.35. The molecule has 2 aromatic rings. The zero-order chi connectivity index (χ0) is 14.9. The minimum atomic E-state index is 0.106. The van der Waals surface area contributed by atoms with E-state index in [1.54, 1.807) is 0 Å². The Morgan fingerprint density at radius 2 is 1.48 bits per heavy atom. The van der Waals surface area contributed by atoms with E-state index in [4.69, 9.17) is 0 Å². The third kappa shape index (κ3) is 4.60. The van der Waals surface area contributed by atoms with Crippen LogP contribution in [0.3, 0.4) is 0 Å². The molecule has 0 atom stereocenters. The molecule has 0 saturated carbocycles. The molecule has 0 saturated heterocycles.